The molecule has 0 radical (unpaired) electrons. The summed E-state index contributed by atoms with van der Waals surface area (Å²) in [6.45, 7) is 7.69. The van der Waals surface area contributed by atoms with Crippen LogP contribution in [0.5, 0.6) is 5.75 Å². The lowest BCUT2D eigenvalue weighted by Crippen LogP contribution is -2.53. The minimum atomic E-state index is -0.00889. The smallest absolute Gasteiger partial charge is 0.254 e. The van der Waals surface area contributed by atoms with Gasteiger partial charge in [-0.2, -0.15) is 0 Å². The number of hydrogen-bond acceptors (Lipinski definition) is 3. The van der Waals surface area contributed by atoms with Crippen LogP contribution >= 0.6 is 15.9 Å². The molecule has 4 nitrogen and oxygen atoms in total. The predicted molar refractivity (Wildman–Crippen MR) is 78.4 cm³/mol. The number of phenols is 1. The van der Waals surface area contributed by atoms with Crippen LogP contribution in [0.3, 0.4) is 0 Å². The quantitative estimate of drug-likeness (QED) is 0.907. The van der Waals surface area contributed by atoms with Gasteiger partial charge >= 0.3 is 0 Å². The first kappa shape index (κ1) is 14.3. The summed E-state index contributed by atoms with van der Waals surface area (Å²) in [5, 5.41) is 9.65. The number of carbonyl (C=O) groups is 1. The number of likely N-dealkylation sites (N-methyl/N-ethyl adjacent to an activating group) is 1. The SMILES string of the molecule is CCN1CCN(C(=O)c2ccc(Br)c(O)c2)CC1C. The van der Waals surface area contributed by atoms with Crippen molar-refractivity contribution in [2.24, 2.45) is 0 Å². The summed E-state index contributed by atoms with van der Waals surface area (Å²) in [4.78, 5) is 16.6. The molecule has 0 aromatic heterocycles. The second-order valence-electron chi connectivity index (χ2n) is 4.89. The molecule has 0 saturated carbocycles. The van der Waals surface area contributed by atoms with Gasteiger partial charge in [-0.25, -0.2) is 0 Å². The van der Waals surface area contributed by atoms with Gasteiger partial charge < -0.3 is 10.0 Å². The Labute approximate surface area is 122 Å². The molecule has 2 rings (SSSR count). The van der Waals surface area contributed by atoms with Gasteiger partial charge in [-0.3, -0.25) is 9.69 Å². The number of phenolic OH excluding ortho intramolecular Hbond substituents is 1. The van der Waals surface area contributed by atoms with Crippen molar-refractivity contribution in [2.75, 3.05) is 26.2 Å². The summed E-state index contributed by atoms with van der Waals surface area (Å²) >= 11 is 3.22. The number of aromatic hydroxyl groups is 1. The van der Waals surface area contributed by atoms with Crippen LogP contribution in [0, 0.1) is 0 Å². The molecule has 1 aliphatic heterocycles. The second kappa shape index (κ2) is 5.92. The van der Waals surface area contributed by atoms with Gasteiger partial charge in [0.2, 0.25) is 0 Å². The summed E-state index contributed by atoms with van der Waals surface area (Å²) in [5.41, 5.74) is 0.540. The van der Waals surface area contributed by atoms with Gasteiger partial charge in [0.05, 0.1) is 4.47 Å². The molecule has 1 heterocycles. The molecule has 1 aromatic carbocycles. The topological polar surface area (TPSA) is 43.8 Å². The lowest BCUT2D eigenvalue weighted by atomic mass is 10.1. The highest BCUT2D eigenvalue weighted by atomic mass is 79.9. The average molecular weight is 327 g/mol. The third kappa shape index (κ3) is 3.09. The Hall–Kier alpha value is -1.07. The van der Waals surface area contributed by atoms with Crippen LogP contribution in [0.15, 0.2) is 22.7 Å². The lowest BCUT2D eigenvalue weighted by Gasteiger charge is -2.39. The van der Waals surface area contributed by atoms with Crippen LogP contribution in [0.2, 0.25) is 0 Å². The van der Waals surface area contributed by atoms with Crippen molar-refractivity contribution in [3.8, 4) is 5.75 Å². The number of halogens is 1. The molecular weight excluding hydrogens is 308 g/mol. The Bertz CT molecular complexity index is 479. The van der Waals surface area contributed by atoms with Gasteiger partial charge in [0.1, 0.15) is 5.75 Å². The minimum Gasteiger partial charge on any atom is -0.507 e. The van der Waals surface area contributed by atoms with Crippen molar-refractivity contribution < 1.29 is 9.90 Å². The maximum Gasteiger partial charge on any atom is 0.254 e. The molecule has 104 valence electrons. The summed E-state index contributed by atoms with van der Waals surface area (Å²) in [7, 11) is 0. The number of hydrogen-bond donors (Lipinski definition) is 1. The first-order valence-corrected chi connectivity index (χ1v) is 7.34. The van der Waals surface area contributed by atoms with Crippen LogP contribution in [0.1, 0.15) is 24.2 Å². The van der Waals surface area contributed by atoms with Crippen LogP contribution in [0.4, 0.5) is 0 Å². The zero-order valence-electron chi connectivity index (χ0n) is 11.3. The standard InChI is InChI=1S/C14H19BrN2O2/c1-3-16-6-7-17(9-10(16)2)14(19)11-4-5-12(15)13(18)8-11/h4-5,8,10,18H,3,6-7,9H2,1-2H3. The van der Waals surface area contributed by atoms with Crippen LogP contribution in [0.25, 0.3) is 0 Å². The first-order valence-electron chi connectivity index (χ1n) is 6.54. The van der Waals surface area contributed by atoms with Gasteiger partial charge in [0, 0.05) is 31.2 Å². The van der Waals surface area contributed by atoms with E-state index in [1.54, 1.807) is 12.1 Å². The number of benzene rings is 1. The van der Waals surface area contributed by atoms with Crippen LogP contribution in [-0.4, -0.2) is 53.0 Å². The molecule has 0 aliphatic carbocycles. The second-order valence-corrected chi connectivity index (χ2v) is 5.75. The highest BCUT2D eigenvalue weighted by Gasteiger charge is 2.26. The van der Waals surface area contributed by atoms with E-state index < -0.39 is 0 Å². The first-order chi connectivity index (χ1) is 9.02. The van der Waals surface area contributed by atoms with Crippen molar-refractivity contribution in [2.45, 2.75) is 19.9 Å². The zero-order valence-corrected chi connectivity index (χ0v) is 12.9. The number of amides is 1. The normalized spacial score (nSPS) is 20.6. The Morgan fingerprint density at radius 2 is 2.21 bits per heavy atom. The molecule has 1 aromatic rings. The Balaban J connectivity index is 2.10. The molecule has 19 heavy (non-hydrogen) atoms. The summed E-state index contributed by atoms with van der Waals surface area (Å²) in [6, 6.07) is 5.34. The van der Waals surface area contributed by atoms with Crippen molar-refractivity contribution in [1.82, 2.24) is 9.80 Å². The van der Waals surface area contributed by atoms with E-state index in [2.05, 4.69) is 34.7 Å². The molecular formula is C14H19BrN2O2. The molecule has 0 bridgehead atoms. The molecule has 1 fully saturated rings. The monoisotopic (exact) mass is 326 g/mol. The van der Waals surface area contributed by atoms with E-state index in [-0.39, 0.29) is 11.7 Å². The van der Waals surface area contributed by atoms with Gasteiger partial charge in [-0.1, -0.05) is 6.92 Å². The molecule has 1 aliphatic rings. The van der Waals surface area contributed by atoms with Crippen LogP contribution < -0.4 is 0 Å². The lowest BCUT2D eigenvalue weighted by molar-refractivity contribution is 0.0528. The molecule has 1 saturated heterocycles. The zero-order chi connectivity index (χ0) is 14.0. The third-order valence-corrected chi connectivity index (χ3v) is 4.32. The van der Waals surface area contributed by atoms with E-state index in [1.807, 2.05) is 4.90 Å². The Morgan fingerprint density at radius 1 is 1.47 bits per heavy atom. The third-order valence-electron chi connectivity index (χ3n) is 3.65. The van der Waals surface area contributed by atoms with Gasteiger partial charge in [0.25, 0.3) is 5.91 Å². The fourth-order valence-electron chi connectivity index (χ4n) is 2.48. The Morgan fingerprint density at radius 3 is 2.79 bits per heavy atom. The van der Waals surface area contributed by atoms with Crippen LogP contribution in [-0.2, 0) is 0 Å². The van der Waals surface area contributed by atoms with E-state index in [9.17, 15) is 9.90 Å². The van der Waals surface area contributed by atoms with E-state index in [0.717, 1.165) is 26.2 Å². The maximum atomic E-state index is 12.4. The molecule has 0 spiro atoms. The fourth-order valence-corrected chi connectivity index (χ4v) is 2.72. The molecule has 1 unspecified atom stereocenters. The minimum absolute atomic E-state index is 0.00889. The van der Waals surface area contributed by atoms with E-state index in [4.69, 9.17) is 0 Å². The number of nitrogens with zero attached hydrogens (tertiary/aromatic N) is 2. The van der Waals surface area contributed by atoms with E-state index >= 15 is 0 Å². The van der Waals surface area contributed by atoms with Gasteiger partial charge in [-0.15, -0.1) is 0 Å². The number of rotatable bonds is 2. The summed E-state index contributed by atoms with van der Waals surface area (Å²) < 4.78 is 0.605. The van der Waals surface area contributed by atoms with Crippen molar-refractivity contribution in [3.05, 3.63) is 28.2 Å². The molecule has 5 heteroatoms. The van der Waals surface area contributed by atoms with Crippen molar-refractivity contribution in [3.63, 3.8) is 0 Å². The van der Waals surface area contributed by atoms with Crippen molar-refractivity contribution >= 4 is 21.8 Å². The summed E-state index contributed by atoms with van der Waals surface area (Å²) in [6.07, 6.45) is 0. The maximum absolute atomic E-state index is 12.4. The number of carbonyl (C=O) groups excluding carboxylic acids is 1. The predicted octanol–water partition coefficient (Wildman–Crippen LogP) is 2.32. The van der Waals surface area contributed by atoms with E-state index in [1.165, 1.54) is 6.07 Å². The molecule has 1 N–H and O–H groups in total. The average Bonchev–Trinajstić information content (AvgIpc) is 2.41. The van der Waals surface area contributed by atoms with Crippen molar-refractivity contribution in [1.29, 1.82) is 0 Å². The van der Waals surface area contributed by atoms with E-state index in [0.29, 0.717) is 16.1 Å². The number of piperazine rings is 1. The van der Waals surface area contributed by atoms with Gasteiger partial charge in [-0.05, 0) is 47.6 Å². The van der Waals surface area contributed by atoms with Gasteiger partial charge in [0.15, 0.2) is 0 Å². The largest absolute Gasteiger partial charge is 0.507 e. The highest BCUT2D eigenvalue weighted by Crippen LogP contribution is 2.25. The summed E-state index contributed by atoms with van der Waals surface area (Å²) in [5.74, 6) is 0.0940. The Kier molecular flexibility index (Phi) is 4.47. The molecule has 1 amide bonds. The molecule has 1 atom stereocenters. The fraction of sp³-hybridized carbons (Fsp3) is 0.500. The highest BCUT2D eigenvalue weighted by molar-refractivity contribution is 9.10.